The lowest BCUT2D eigenvalue weighted by Crippen LogP contribution is -2.42. The standard InChI is InChI=1S/C24H27N5O3/c1-15(30)24-26-9-10-29(24)22(14-25)21-13-23(32-28-21)19-7-5-17(6-8-19)3-4-18-11-20(12-18)27-16(2)31/h5-10,13,15,18,20,22,30H,11-12,14,25H2,1-2H3,(H,27,31)/t15-,18-,20-,22+/m0/s1. The maximum Gasteiger partial charge on any atom is 0.217 e. The molecule has 1 aromatic carbocycles. The van der Waals surface area contributed by atoms with Crippen molar-refractivity contribution in [2.45, 2.75) is 44.9 Å². The van der Waals surface area contributed by atoms with Crippen LogP contribution in [-0.4, -0.2) is 38.3 Å². The summed E-state index contributed by atoms with van der Waals surface area (Å²) in [7, 11) is 0. The van der Waals surface area contributed by atoms with Crippen molar-refractivity contribution in [3.63, 3.8) is 0 Å². The molecule has 1 amide bonds. The van der Waals surface area contributed by atoms with E-state index < -0.39 is 6.10 Å². The predicted octanol–water partition coefficient (Wildman–Crippen LogP) is 2.41. The van der Waals surface area contributed by atoms with Crippen molar-refractivity contribution >= 4 is 5.91 Å². The molecule has 0 bridgehead atoms. The second-order valence-corrected chi connectivity index (χ2v) is 8.15. The first kappa shape index (κ1) is 21.8. The highest BCUT2D eigenvalue weighted by Crippen LogP contribution is 2.28. The van der Waals surface area contributed by atoms with Gasteiger partial charge in [-0.05, 0) is 44.0 Å². The van der Waals surface area contributed by atoms with E-state index in [2.05, 4.69) is 27.3 Å². The number of nitrogens with zero attached hydrogens (tertiary/aromatic N) is 3. The number of amides is 1. The molecule has 0 saturated heterocycles. The first-order valence-corrected chi connectivity index (χ1v) is 10.7. The van der Waals surface area contributed by atoms with Crippen LogP contribution in [0, 0.1) is 17.8 Å². The molecule has 0 aliphatic heterocycles. The van der Waals surface area contributed by atoms with Crippen molar-refractivity contribution in [3.05, 3.63) is 59.8 Å². The molecule has 1 aliphatic carbocycles. The Labute approximate surface area is 186 Å². The number of rotatable bonds is 6. The summed E-state index contributed by atoms with van der Waals surface area (Å²) in [5.74, 6) is 7.98. The fraction of sp³-hybridized carbons (Fsp3) is 0.375. The quantitative estimate of drug-likeness (QED) is 0.514. The average molecular weight is 434 g/mol. The summed E-state index contributed by atoms with van der Waals surface area (Å²) in [4.78, 5) is 15.3. The van der Waals surface area contributed by atoms with Gasteiger partial charge in [0.25, 0.3) is 0 Å². The molecule has 4 rings (SSSR count). The molecule has 3 aromatic rings. The van der Waals surface area contributed by atoms with Gasteiger partial charge in [0.2, 0.25) is 5.91 Å². The van der Waals surface area contributed by atoms with E-state index in [0.717, 1.165) is 24.0 Å². The number of imidazole rings is 1. The Balaban J connectivity index is 1.43. The van der Waals surface area contributed by atoms with Crippen LogP contribution in [0.2, 0.25) is 0 Å². The maximum absolute atomic E-state index is 11.1. The first-order chi connectivity index (χ1) is 15.4. The summed E-state index contributed by atoms with van der Waals surface area (Å²) < 4.78 is 7.39. The minimum absolute atomic E-state index is 0.0128. The molecule has 0 radical (unpaired) electrons. The summed E-state index contributed by atoms with van der Waals surface area (Å²) in [6.45, 7) is 3.50. The number of hydrogen-bond acceptors (Lipinski definition) is 6. The molecule has 32 heavy (non-hydrogen) atoms. The number of nitrogens with one attached hydrogen (secondary N) is 1. The second kappa shape index (κ2) is 9.39. The van der Waals surface area contributed by atoms with E-state index in [9.17, 15) is 9.90 Å². The van der Waals surface area contributed by atoms with E-state index in [1.807, 2.05) is 34.9 Å². The number of benzene rings is 1. The zero-order valence-electron chi connectivity index (χ0n) is 18.2. The van der Waals surface area contributed by atoms with Crippen LogP contribution in [0.4, 0.5) is 0 Å². The normalized spacial score (nSPS) is 19.4. The fourth-order valence-corrected chi connectivity index (χ4v) is 3.91. The molecule has 4 N–H and O–H groups in total. The fourth-order valence-electron chi connectivity index (χ4n) is 3.91. The molecule has 1 aliphatic rings. The topological polar surface area (TPSA) is 119 Å². The largest absolute Gasteiger partial charge is 0.385 e. The summed E-state index contributed by atoms with van der Waals surface area (Å²) >= 11 is 0. The predicted molar refractivity (Wildman–Crippen MR) is 119 cm³/mol. The maximum atomic E-state index is 11.1. The Hall–Kier alpha value is -3.41. The van der Waals surface area contributed by atoms with E-state index in [-0.39, 0.29) is 18.0 Å². The number of hydrogen-bond donors (Lipinski definition) is 3. The third kappa shape index (κ3) is 4.74. The lowest BCUT2D eigenvalue weighted by Gasteiger charge is -2.32. The molecule has 8 nitrogen and oxygen atoms in total. The molecule has 0 spiro atoms. The van der Waals surface area contributed by atoms with Crippen LogP contribution < -0.4 is 11.1 Å². The smallest absolute Gasteiger partial charge is 0.217 e. The highest BCUT2D eigenvalue weighted by Gasteiger charge is 2.28. The zero-order chi connectivity index (χ0) is 22.7. The summed E-state index contributed by atoms with van der Waals surface area (Å²) in [5, 5.41) is 17.1. The van der Waals surface area contributed by atoms with E-state index in [0.29, 0.717) is 29.7 Å². The Morgan fingerprint density at radius 3 is 2.78 bits per heavy atom. The Kier molecular flexibility index (Phi) is 6.40. The monoisotopic (exact) mass is 433 g/mol. The molecular weight excluding hydrogens is 406 g/mol. The van der Waals surface area contributed by atoms with Crippen molar-refractivity contribution in [1.29, 1.82) is 0 Å². The molecular formula is C24H27N5O3. The van der Waals surface area contributed by atoms with Crippen LogP contribution in [0.15, 0.2) is 47.2 Å². The van der Waals surface area contributed by atoms with Gasteiger partial charge in [-0.2, -0.15) is 0 Å². The lowest BCUT2D eigenvalue weighted by molar-refractivity contribution is -0.120. The van der Waals surface area contributed by atoms with Gasteiger partial charge in [0.15, 0.2) is 5.76 Å². The van der Waals surface area contributed by atoms with Gasteiger partial charge < -0.3 is 25.2 Å². The Bertz CT molecular complexity index is 1130. The van der Waals surface area contributed by atoms with Crippen LogP contribution >= 0.6 is 0 Å². The van der Waals surface area contributed by atoms with Gasteiger partial charge in [0, 0.05) is 55.0 Å². The highest BCUT2D eigenvalue weighted by atomic mass is 16.5. The van der Waals surface area contributed by atoms with Gasteiger partial charge in [-0.3, -0.25) is 4.79 Å². The second-order valence-electron chi connectivity index (χ2n) is 8.15. The summed E-state index contributed by atoms with van der Waals surface area (Å²) in [6, 6.07) is 9.64. The molecule has 1 saturated carbocycles. The van der Waals surface area contributed by atoms with Crippen LogP contribution in [-0.2, 0) is 4.79 Å². The summed E-state index contributed by atoms with van der Waals surface area (Å²) in [6.07, 6.45) is 4.51. The van der Waals surface area contributed by atoms with Crippen LogP contribution in [0.1, 0.15) is 55.9 Å². The number of aromatic nitrogens is 3. The van der Waals surface area contributed by atoms with Crippen LogP contribution in [0.25, 0.3) is 11.3 Å². The lowest BCUT2D eigenvalue weighted by atomic mass is 9.80. The first-order valence-electron chi connectivity index (χ1n) is 10.7. The van der Waals surface area contributed by atoms with Gasteiger partial charge in [-0.1, -0.05) is 17.0 Å². The molecule has 2 heterocycles. The van der Waals surface area contributed by atoms with Gasteiger partial charge in [0.1, 0.15) is 17.6 Å². The van der Waals surface area contributed by atoms with Crippen molar-refractivity contribution in [2.75, 3.05) is 6.54 Å². The highest BCUT2D eigenvalue weighted by molar-refractivity contribution is 5.73. The minimum atomic E-state index is -0.713. The van der Waals surface area contributed by atoms with Gasteiger partial charge >= 0.3 is 0 Å². The Morgan fingerprint density at radius 1 is 1.38 bits per heavy atom. The molecule has 0 unspecified atom stereocenters. The average Bonchev–Trinajstić information content (AvgIpc) is 3.41. The van der Waals surface area contributed by atoms with Gasteiger partial charge in [-0.25, -0.2) is 4.98 Å². The third-order valence-electron chi connectivity index (χ3n) is 5.64. The van der Waals surface area contributed by atoms with E-state index >= 15 is 0 Å². The summed E-state index contributed by atoms with van der Waals surface area (Å²) in [5.41, 5.74) is 8.48. The number of carbonyl (C=O) groups excluding carboxylic acids is 1. The van der Waals surface area contributed by atoms with Gasteiger partial charge in [0.05, 0.1) is 6.04 Å². The van der Waals surface area contributed by atoms with Crippen molar-refractivity contribution < 1.29 is 14.4 Å². The van der Waals surface area contributed by atoms with E-state index in [4.69, 9.17) is 10.3 Å². The van der Waals surface area contributed by atoms with E-state index in [1.165, 1.54) is 0 Å². The molecule has 2 aromatic heterocycles. The van der Waals surface area contributed by atoms with Crippen molar-refractivity contribution in [1.82, 2.24) is 20.0 Å². The van der Waals surface area contributed by atoms with Crippen molar-refractivity contribution in [3.8, 4) is 23.2 Å². The molecule has 2 atom stereocenters. The minimum Gasteiger partial charge on any atom is -0.385 e. The zero-order valence-corrected chi connectivity index (χ0v) is 18.2. The number of carbonyl (C=O) groups is 1. The Morgan fingerprint density at radius 2 is 2.12 bits per heavy atom. The number of aliphatic hydroxyl groups is 1. The third-order valence-corrected chi connectivity index (χ3v) is 5.64. The SMILES string of the molecule is CC(=O)N[C@H]1C[C@H](C#Cc2ccc(-c3cc([C@@H](CN)n4ccnc4[C@H](C)O)no3)cc2)C1. The van der Waals surface area contributed by atoms with E-state index in [1.54, 1.807) is 26.2 Å². The molecule has 8 heteroatoms. The van der Waals surface area contributed by atoms with Crippen molar-refractivity contribution in [2.24, 2.45) is 11.7 Å². The van der Waals surface area contributed by atoms with Crippen LogP contribution in [0.5, 0.6) is 0 Å². The molecule has 166 valence electrons. The number of aliphatic hydroxyl groups excluding tert-OH is 1. The van der Waals surface area contributed by atoms with Crippen LogP contribution in [0.3, 0.4) is 0 Å². The van der Waals surface area contributed by atoms with Gasteiger partial charge in [-0.15, -0.1) is 0 Å². The molecule has 1 fully saturated rings. The number of nitrogens with two attached hydrogens (primary N) is 1.